The van der Waals surface area contributed by atoms with E-state index < -0.39 is 27.7 Å². The highest BCUT2D eigenvalue weighted by Crippen LogP contribution is 2.34. The normalized spacial score (nSPS) is 15.9. The van der Waals surface area contributed by atoms with Crippen LogP contribution in [0.5, 0.6) is 0 Å². The zero-order valence-corrected chi connectivity index (χ0v) is 20.3. The molecule has 35 heavy (non-hydrogen) atoms. The van der Waals surface area contributed by atoms with Crippen molar-refractivity contribution >= 4 is 44.8 Å². The maximum absolute atomic E-state index is 13.2. The number of amides is 2. The molecule has 8 nitrogen and oxygen atoms in total. The molecule has 0 atom stereocenters. The van der Waals surface area contributed by atoms with Crippen LogP contribution in [-0.4, -0.2) is 62.2 Å². The van der Waals surface area contributed by atoms with E-state index in [1.807, 2.05) is 0 Å². The minimum atomic E-state index is -4.61. The monoisotopic (exact) mass is 532 g/mol. The molecule has 1 heterocycles. The van der Waals surface area contributed by atoms with Gasteiger partial charge in [0.15, 0.2) is 0 Å². The number of anilines is 2. The molecule has 1 aliphatic heterocycles. The molecule has 0 aliphatic carbocycles. The number of alkyl halides is 3. The van der Waals surface area contributed by atoms with Gasteiger partial charge in [-0.25, -0.2) is 8.42 Å². The molecule has 0 bridgehead atoms. The largest absolute Gasteiger partial charge is 0.418 e. The fourth-order valence-corrected chi connectivity index (χ4v) is 5.46. The lowest BCUT2D eigenvalue weighted by molar-refractivity contribution is -0.137. The molecule has 2 N–H and O–H groups in total. The molecule has 0 saturated carbocycles. The van der Waals surface area contributed by atoms with Crippen LogP contribution in [0.15, 0.2) is 47.4 Å². The van der Waals surface area contributed by atoms with Crippen molar-refractivity contribution in [3.05, 3.63) is 53.1 Å². The van der Waals surface area contributed by atoms with Crippen LogP contribution in [0.4, 0.5) is 24.5 Å². The molecule has 0 aromatic heterocycles. The third-order valence-electron chi connectivity index (χ3n) is 5.31. The maximum Gasteiger partial charge on any atom is 0.418 e. The molecule has 2 aromatic carbocycles. The van der Waals surface area contributed by atoms with Gasteiger partial charge in [0, 0.05) is 26.6 Å². The van der Waals surface area contributed by atoms with Crippen LogP contribution < -0.4 is 10.6 Å². The van der Waals surface area contributed by atoms with Crippen LogP contribution in [-0.2, 0) is 25.8 Å². The molecule has 1 saturated heterocycles. The zero-order valence-electron chi connectivity index (χ0n) is 18.7. The van der Waals surface area contributed by atoms with E-state index >= 15 is 0 Å². The van der Waals surface area contributed by atoms with Crippen molar-refractivity contribution in [3.8, 4) is 0 Å². The number of sulfonamides is 1. The quantitative estimate of drug-likeness (QED) is 0.592. The lowest BCUT2D eigenvalue weighted by Crippen LogP contribution is -2.38. The summed E-state index contributed by atoms with van der Waals surface area (Å²) in [5, 5.41) is 4.89. The van der Waals surface area contributed by atoms with Gasteiger partial charge in [0.2, 0.25) is 21.8 Å². The van der Waals surface area contributed by atoms with Gasteiger partial charge in [-0.3, -0.25) is 14.5 Å². The Balaban J connectivity index is 1.64. The second-order valence-electron chi connectivity index (χ2n) is 7.95. The SMILES string of the molecule is CC(=O)Nc1ccc(S(=O)(=O)N2CCCN(CC(=O)Nc3ccccc3C(F)(F)F)CC2)cc1Cl. The fraction of sp³-hybridized carbons (Fsp3) is 0.364. The molecule has 190 valence electrons. The third kappa shape index (κ3) is 6.94. The van der Waals surface area contributed by atoms with Gasteiger partial charge in [-0.1, -0.05) is 23.7 Å². The van der Waals surface area contributed by atoms with E-state index in [9.17, 15) is 31.2 Å². The van der Waals surface area contributed by atoms with Crippen LogP contribution >= 0.6 is 11.6 Å². The first-order valence-electron chi connectivity index (χ1n) is 10.6. The summed E-state index contributed by atoms with van der Waals surface area (Å²) in [7, 11) is -3.89. The lowest BCUT2D eigenvalue weighted by Gasteiger charge is -2.22. The van der Waals surface area contributed by atoms with Gasteiger partial charge in [0.25, 0.3) is 0 Å². The Hall–Kier alpha value is -2.67. The first-order valence-corrected chi connectivity index (χ1v) is 12.5. The molecule has 0 spiro atoms. The number of nitrogens with zero attached hydrogens (tertiary/aromatic N) is 2. The number of benzene rings is 2. The van der Waals surface area contributed by atoms with Gasteiger partial charge in [-0.15, -0.1) is 0 Å². The Morgan fingerprint density at radius 2 is 1.71 bits per heavy atom. The van der Waals surface area contributed by atoms with E-state index in [1.165, 1.54) is 47.6 Å². The molecular formula is C22H24ClF3N4O4S. The molecule has 0 radical (unpaired) electrons. The highest BCUT2D eigenvalue weighted by Gasteiger charge is 2.34. The molecule has 3 rings (SSSR count). The molecule has 2 amide bonds. The predicted octanol–water partition coefficient (Wildman–Crippen LogP) is 3.65. The minimum absolute atomic E-state index is 0.0356. The van der Waals surface area contributed by atoms with E-state index in [0.717, 1.165) is 6.07 Å². The molecular weight excluding hydrogens is 509 g/mol. The first-order chi connectivity index (χ1) is 16.4. The highest BCUT2D eigenvalue weighted by atomic mass is 35.5. The highest BCUT2D eigenvalue weighted by molar-refractivity contribution is 7.89. The number of carbonyl (C=O) groups excluding carboxylic acids is 2. The smallest absolute Gasteiger partial charge is 0.325 e. The summed E-state index contributed by atoms with van der Waals surface area (Å²) in [5.74, 6) is -0.973. The van der Waals surface area contributed by atoms with E-state index in [1.54, 1.807) is 4.90 Å². The van der Waals surface area contributed by atoms with E-state index in [2.05, 4.69) is 10.6 Å². The second-order valence-corrected chi connectivity index (χ2v) is 10.3. The number of carbonyl (C=O) groups is 2. The number of hydrogen-bond donors (Lipinski definition) is 2. The van der Waals surface area contributed by atoms with Gasteiger partial charge < -0.3 is 10.6 Å². The zero-order chi connectivity index (χ0) is 25.8. The summed E-state index contributed by atoms with van der Waals surface area (Å²) in [6.45, 7) is 2.01. The van der Waals surface area contributed by atoms with Crippen molar-refractivity contribution < 1.29 is 31.2 Å². The van der Waals surface area contributed by atoms with Crippen molar-refractivity contribution in [3.63, 3.8) is 0 Å². The summed E-state index contributed by atoms with van der Waals surface area (Å²) >= 11 is 6.12. The van der Waals surface area contributed by atoms with Crippen molar-refractivity contribution in [2.75, 3.05) is 43.4 Å². The van der Waals surface area contributed by atoms with Gasteiger partial charge >= 0.3 is 6.18 Å². The summed E-state index contributed by atoms with van der Waals surface area (Å²) in [6, 6.07) is 8.72. The van der Waals surface area contributed by atoms with Crippen LogP contribution in [0.2, 0.25) is 5.02 Å². The van der Waals surface area contributed by atoms with Crippen molar-refractivity contribution in [1.82, 2.24) is 9.21 Å². The number of hydrogen-bond acceptors (Lipinski definition) is 5. The van der Waals surface area contributed by atoms with E-state index in [-0.39, 0.29) is 47.7 Å². The fourth-order valence-electron chi connectivity index (χ4n) is 3.67. The van der Waals surface area contributed by atoms with E-state index in [4.69, 9.17) is 11.6 Å². The van der Waals surface area contributed by atoms with Crippen molar-refractivity contribution in [2.45, 2.75) is 24.4 Å². The summed E-state index contributed by atoms with van der Waals surface area (Å²) in [5.41, 5.74) is -0.980. The second kappa shape index (κ2) is 10.9. The molecule has 1 aliphatic rings. The van der Waals surface area contributed by atoms with Gasteiger partial charge in [-0.2, -0.15) is 17.5 Å². The first kappa shape index (κ1) is 26.9. The maximum atomic E-state index is 13.2. The standard InChI is InChI=1S/C22H24ClF3N4O4S/c1-15(31)27-20-8-7-16(13-18(20)23)35(33,34)30-10-4-9-29(11-12-30)14-21(32)28-19-6-3-2-5-17(19)22(24,25)26/h2-3,5-8,13H,4,9-12,14H2,1H3,(H,27,31)(H,28,32). The average molecular weight is 533 g/mol. The van der Waals surface area contributed by atoms with Gasteiger partial charge in [-0.05, 0) is 43.3 Å². The molecule has 0 unspecified atom stereocenters. The molecule has 1 fully saturated rings. The number of rotatable bonds is 6. The Kier molecular flexibility index (Phi) is 8.42. The van der Waals surface area contributed by atoms with Crippen LogP contribution in [0.25, 0.3) is 0 Å². The van der Waals surface area contributed by atoms with Gasteiger partial charge in [0.05, 0.1) is 33.4 Å². The number of para-hydroxylation sites is 1. The topological polar surface area (TPSA) is 98.8 Å². The summed E-state index contributed by atoms with van der Waals surface area (Å²) in [4.78, 5) is 25.3. The lowest BCUT2D eigenvalue weighted by atomic mass is 10.1. The molecule has 2 aromatic rings. The predicted molar refractivity (Wildman–Crippen MR) is 126 cm³/mol. The van der Waals surface area contributed by atoms with Crippen LogP contribution in [0, 0.1) is 0 Å². The Bertz CT molecular complexity index is 1210. The summed E-state index contributed by atoms with van der Waals surface area (Å²) in [6.07, 6.45) is -4.19. The van der Waals surface area contributed by atoms with Crippen LogP contribution in [0.1, 0.15) is 18.9 Å². The molecule has 13 heteroatoms. The van der Waals surface area contributed by atoms with Crippen molar-refractivity contribution in [2.24, 2.45) is 0 Å². The Morgan fingerprint density at radius 3 is 2.37 bits per heavy atom. The minimum Gasteiger partial charge on any atom is -0.325 e. The number of halogens is 4. The average Bonchev–Trinajstić information content (AvgIpc) is 3.00. The van der Waals surface area contributed by atoms with Gasteiger partial charge in [0.1, 0.15) is 0 Å². The summed E-state index contributed by atoms with van der Waals surface area (Å²) < 4.78 is 67.0. The Labute approximate surface area is 206 Å². The third-order valence-corrected chi connectivity index (χ3v) is 7.52. The van der Waals surface area contributed by atoms with Crippen molar-refractivity contribution in [1.29, 1.82) is 0 Å². The Morgan fingerprint density at radius 1 is 1.00 bits per heavy atom. The number of nitrogens with one attached hydrogen (secondary N) is 2. The van der Waals surface area contributed by atoms with Crippen LogP contribution in [0.3, 0.4) is 0 Å². The van der Waals surface area contributed by atoms with E-state index in [0.29, 0.717) is 18.7 Å².